The summed E-state index contributed by atoms with van der Waals surface area (Å²) in [7, 11) is 3.24. The molecule has 0 aromatic heterocycles. The van der Waals surface area contributed by atoms with Gasteiger partial charge in [-0.2, -0.15) is 0 Å². The van der Waals surface area contributed by atoms with E-state index in [1.54, 1.807) is 14.2 Å². The predicted molar refractivity (Wildman–Crippen MR) is 112 cm³/mol. The molecule has 2 rings (SSSR count). The third-order valence-corrected chi connectivity index (χ3v) is 4.54. The van der Waals surface area contributed by atoms with E-state index in [4.69, 9.17) is 15.2 Å². The number of nitrogens with two attached hydrogens (primary N) is 1. The van der Waals surface area contributed by atoms with E-state index in [0.29, 0.717) is 18.3 Å². The van der Waals surface area contributed by atoms with Gasteiger partial charge >= 0.3 is 0 Å². The highest BCUT2D eigenvalue weighted by Gasteiger charge is 2.17. The summed E-state index contributed by atoms with van der Waals surface area (Å²) < 4.78 is 10.6. The molecular weight excluding hydrogens is 340 g/mol. The summed E-state index contributed by atoms with van der Waals surface area (Å²) in [5.74, 6) is 1.74. The smallest absolute Gasteiger partial charge is 0.193 e. The van der Waals surface area contributed by atoms with Gasteiger partial charge in [0.05, 0.1) is 32.5 Å². The van der Waals surface area contributed by atoms with Gasteiger partial charge in [0.2, 0.25) is 0 Å². The lowest BCUT2D eigenvalue weighted by molar-refractivity contribution is 0.224. The molecule has 3 N–H and O–H groups in total. The number of nitrogens with zero attached hydrogens (tertiary/aromatic N) is 2. The molecule has 0 aliphatic heterocycles. The normalized spacial score (nSPS) is 12.7. The third kappa shape index (κ3) is 5.62. The Hall–Kier alpha value is -2.73. The first-order valence-corrected chi connectivity index (χ1v) is 9.20. The molecule has 1 unspecified atom stereocenters. The van der Waals surface area contributed by atoms with Crippen molar-refractivity contribution in [3.05, 3.63) is 54.1 Å². The number of rotatable bonds is 9. The molecule has 0 aliphatic rings. The highest BCUT2D eigenvalue weighted by molar-refractivity contribution is 5.94. The lowest BCUT2D eigenvalue weighted by atomic mass is 10.1. The number of anilines is 1. The average molecular weight is 370 g/mol. The minimum absolute atomic E-state index is 0.175. The van der Waals surface area contributed by atoms with Crippen molar-refractivity contribution >= 4 is 11.6 Å². The largest absolute Gasteiger partial charge is 0.497 e. The Labute approximate surface area is 162 Å². The van der Waals surface area contributed by atoms with Crippen LogP contribution in [0.15, 0.2) is 53.5 Å². The van der Waals surface area contributed by atoms with Gasteiger partial charge in [-0.1, -0.05) is 44.2 Å². The lowest BCUT2D eigenvalue weighted by Crippen LogP contribution is -2.32. The Bertz CT molecular complexity index is 730. The molecule has 27 heavy (non-hydrogen) atoms. The van der Waals surface area contributed by atoms with E-state index in [0.717, 1.165) is 24.5 Å². The number of guanidine groups is 1. The average Bonchev–Trinajstić information content (AvgIpc) is 2.71. The molecule has 0 radical (unpaired) electrons. The minimum atomic E-state index is 0.175. The first-order valence-electron chi connectivity index (χ1n) is 9.20. The van der Waals surface area contributed by atoms with Crippen LogP contribution in [0.2, 0.25) is 0 Å². The Balaban J connectivity index is 2.18. The fraction of sp³-hybridized carbons (Fsp3) is 0.381. The van der Waals surface area contributed by atoms with Gasteiger partial charge in [-0.05, 0) is 30.8 Å². The zero-order valence-corrected chi connectivity index (χ0v) is 16.6. The van der Waals surface area contributed by atoms with Crippen LogP contribution in [0.25, 0.3) is 0 Å². The molecule has 2 aromatic carbocycles. The van der Waals surface area contributed by atoms with E-state index in [9.17, 15) is 0 Å². The first-order chi connectivity index (χ1) is 13.1. The van der Waals surface area contributed by atoms with E-state index in [1.165, 1.54) is 5.56 Å². The summed E-state index contributed by atoms with van der Waals surface area (Å²) >= 11 is 0. The lowest BCUT2D eigenvalue weighted by Gasteiger charge is -2.29. The van der Waals surface area contributed by atoms with Gasteiger partial charge in [-0.25, -0.2) is 0 Å². The number of likely N-dealkylation sites (N-methyl/N-ethyl adjacent to an activating group) is 1. The number of methoxy groups -OCH3 is 2. The van der Waals surface area contributed by atoms with Gasteiger partial charge in [0, 0.05) is 6.07 Å². The maximum absolute atomic E-state index is 6.15. The molecular formula is C21H30N4O2. The second-order valence-corrected chi connectivity index (χ2v) is 6.06. The molecule has 0 saturated carbocycles. The van der Waals surface area contributed by atoms with Gasteiger partial charge in [-0.15, -0.1) is 0 Å². The van der Waals surface area contributed by atoms with Crippen LogP contribution in [0.4, 0.5) is 5.69 Å². The molecule has 0 spiro atoms. The molecule has 6 heteroatoms. The third-order valence-electron chi connectivity index (χ3n) is 4.54. The number of benzene rings is 2. The number of hydrogen-bond acceptors (Lipinski definition) is 4. The Kier molecular flexibility index (Phi) is 7.95. The van der Waals surface area contributed by atoms with Crippen LogP contribution in [-0.4, -0.2) is 44.7 Å². The highest BCUT2D eigenvalue weighted by Crippen LogP contribution is 2.28. The first kappa shape index (κ1) is 20.6. The molecule has 0 amide bonds. The van der Waals surface area contributed by atoms with Crippen molar-refractivity contribution < 1.29 is 9.47 Å². The van der Waals surface area contributed by atoms with E-state index >= 15 is 0 Å². The van der Waals surface area contributed by atoms with E-state index in [2.05, 4.69) is 53.3 Å². The second-order valence-electron chi connectivity index (χ2n) is 6.06. The number of nitrogens with one attached hydrogen (secondary N) is 1. The molecule has 0 saturated heterocycles. The Morgan fingerprint density at radius 3 is 2.37 bits per heavy atom. The fourth-order valence-corrected chi connectivity index (χ4v) is 3.05. The van der Waals surface area contributed by atoms with Crippen molar-refractivity contribution in [3.63, 3.8) is 0 Å². The second kappa shape index (κ2) is 10.4. The quantitative estimate of drug-likeness (QED) is 0.522. The van der Waals surface area contributed by atoms with Gasteiger partial charge < -0.3 is 20.5 Å². The highest BCUT2D eigenvalue weighted by atomic mass is 16.5. The van der Waals surface area contributed by atoms with Crippen LogP contribution in [0, 0.1) is 0 Å². The van der Waals surface area contributed by atoms with E-state index in [-0.39, 0.29) is 6.04 Å². The van der Waals surface area contributed by atoms with Crippen molar-refractivity contribution in [1.82, 2.24) is 4.90 Å². The molecule has 0 bridgehead atoms. The zero-order chi connectivity index (χ0) is 19.6. The predicted octanol–water partition coefficient (Wildman–Crippen LogP) is 3.51. The van der Waals surface area contributed by atoms with Crippen LogP contribution >= 0.6 is 0 Å². The minimum Gasteiger partial charge on any atom is -0.497 e. The molecule has 0 aliphatic carbocycles. The SMILES string of the molecule is CCN(CC)C(CN=C(N)Nc1cc(OC)ccc1OC)c1ccccc1. The molecule has 2 aromatic rings. The van der Waals surface area contributed by atoms with Crippen LogP contribution < -0.4 is 20.5 Å². The zero-order valence-electron chi connectivity index (χ0n) is 16.6. The summed E-state index contributed by atoms with van der Waals surface area (Å²) in [5.41, 5.74) is 8.11. The van der Waals surface area contributed by atoms with Gasteiger partial charge in [0.25, 0.3) is 0 Å². The monoisotopic (exact) mass is 370 g/mol. The Morgan fingerprint density at radius 1 is 1.07 bits per heavy atom. The fourth-order valence-electron chi connectivity index (χ4n) is 3.05. The van der Waals surface area contributed by atoms with Crippen LogP contribution in [0.1, 0.15) is 25.5 Å². The molecule has 0 heterocycles. The van der Waals surface area contributed by atoms with Crippen molar-refractivity contribution in [3.8, 4) is 11.5 Å². The summed E-state index contributed by atoms with van der Waals surface area (Å²) in [6.07, 6.45) is 0. The molecule has 6 nitrogen and oxygen atoms in total. The Morgan fingerprint density at radius 2 is 1.78 bits per heavy atom. The maximum atomic E-state index is 6.15. The van der Waals surface area contributed by atoms with Crippen LogP contribution in [0.3, 0.4) is 0 Å². The summed E-state index contributed by atoms with van der Waals surface area (Å²) in [5, 5.41) is 3.12. The number of ether oxygens (including phenoxy) is 2. The van der Waals surface area contributed by atoms with Gasteiger partial charge in [-0.3, -0.25) is 9.89 Å². The number of hydrogen-bond donors (Lipinski definition) is 2. The topological polar surface area (TPSA) is 72.1 Å². The van der Waals surface area contributed by atoms with Crippen molar-refractivity contribution in [2.45, 2.75) is 19.9 Å². The van der Waals surface area contributed by atoms with Crippen molar-refractivity contribution in [1.29, 1.82) is 0 Å². The van der Waals surface area contributed by atoms with E-state index < -0.39 is 0 Å². The summed E-state index contributed by atoms with van der Waals surface area (Å²) in [6.45, 7) is 6.78. The molecule has 1 atom stereocenters. The van der Waals surface area contributed by atoms with E-state index in [1.807, 2.05) is 24.3 Å². The maximum Gasteiger partial charge on any atom is 0.193 e. The molecule has 0 fully saturated rings. The van der Waals surface area contributed by atoms with Gasteiger partial charge in [0.1, 0.15) is 11.5 Å². The standard InChI is InChI=1S/C21H30N4O2/c1-5-25(6-2)19(16-10-8-7-9-11-16)15-23-21(22)24-18-14-17(26-3)12-13-20(18)27-4/h7-14,19H,5-6,15H2,1-4H3,(H3,22,23,24). The number of aliphatic imine (C=N–C) groups is 1. The molecule has 146 valence electrons. The van der Waals surface area contributed by atoms with Crippen LogP contribution in [0.5, 0.6) is 11.5 Å². The van der Waals surface area contributed by atoms with Crippen molar-refractivity contribution in [2.24, 2.45) is 10.7 Å². The van der Waals surface area contributed by atoms with Gasteiger partial charge in [0.15, 0.2) is 5.96 Å². The van der Waals surface area contributed by atoms with Crippen LogP contribution in [-0.2, 0) is 0 Å². The summed E-state index contributed by atoms with van der Waals surface area (Å²) in [4.78, 5) is 6.96. The van der Waals surface area contributed by atoms with Crippen molar-refractivity contribution in [2.75, 3.05) is 39.2 Å². The summed E-state index contributed by atoms with van der Waals surface area (Å²) in [6, 6.07) is 16.1.